The number of nitrogens with zero attached hydrogens (tertiary/aromatic N) is 2. The summed E-state index contributed by atoms with van der Waals surface area (Å²) in [5, 5.41) is 0. The molecule has 1 aliphatic heterocycles. The van der Waals surface area contributed by atoms with Crippen LogP contribution in [0.25, 0.3) is 0 Å². The van der Waals surface area contributed by atoms with Crippen molar-refractivity contribution < 1.29 is 9.69 Å². The highest BCUT2D eigenvalue weighted by molar-refractivity contribution is 6.54. The average Bonchev–Trinajstić information content (AvgIpc) is 2.91. The molecule has 142 valence electrons. The Balaban J connectivity index is 1.96. The van der Waals surface area contributed by atoms with Crippen LogP contribution in [0.3, 0.4) is 0 Å². The number of carbonyl (C=O) groups excluding carboxylic acids is 1. The van der Waals surface area contributed by atoms with E-state index in [9.17, 15) is 4.79 Å². The van der Waals surface area contributed by atoms with Crippen molar-refractivity contribution in [3.8, 4) is 0 Å². The molecule has 27 heavy (non-hydrogen) atoms. The van der Waals surface area contributed by atoms with E-state index in [-0.39, 0.29) is 5.91 Å². The zero-order valence-electron chi connectivity index (χ0n) is 16.9. The number of benzene rings is 2. The first-order valence-electron chi connectivity index (χ1n) is 9.96. The molecule has 0 atom stereocenters. The minimum atomic E-state index is 0.0131. The Kier molecular flexibility index (Phi) is 6.07. The van der Waals surface area contributed by atoms with Gasteiger partial charge in [-0.25, -0.2) is 4.99 Å². The van der Waals surface area contributed by atoms with Crippen molar-refractivity contribution in [3.05, 3.63) is 59.2 Å². The number of carbonyl (C=O) groups is 1. The van der Waals surface area contributed by atoms with Crippen LogP contribution in [0, 0.1) is 13.8 Å². The minimum absolute atomic E-state index is 0.0131. The van der Waals surface area contributed by atoms with E-state index in [1.807, 2.05) is 41.3 Å². The highest BCUT2D eigenvalue weighted by Crippen LogP contribution is 2.30. The molecule has 1 N–H and O–H groups in total. The number of aryl methyl sites for hydroxylation is 2. The van der Waals surface area contributed by atoms with Gasteiger partial charge in [-0.1, -0.05) is 38.1 Å². The van der Waals surface area contributed by atoms with Gasteiger partial charge in [-0.3, -0.25) is 9.69 Å². The fraction of sp³-hybridized carbons (Fsp3) is 0.391. The fourth-order valence-electron chi connectivity index (χ4n) is 3.66. The van der Waals surface area contributed by atoms with Crippen LogP contribution in [0.1, 0.15) is 43.4 Å². The Morgan fingerprint density at radius 2 is 1.67 bits per heavy atom. The zero-order valence-corrected chi connectivity index (χ0v) is 16.9. The molecule has 2 aromatic carbocycles. The molecule has 1 heterocycles. The Morgan fingerprint density at radius 3 is 2.33 bits per heavy atom. The van der Waals surface area contributed by atoms with Gasteiger partial charge in [0.2, 0.25) is 0 Å². The van der Waals surface area contributed by atoms with Gasteiger partial charge in [-0.2, -0.15) is 0 Å². The second-order valence-corrected chi connectivity index (χ2v) is 7.39. The number of rotatable bonds is 7. The summed E-state index contributed by atoms with van der Waals surface area (Å²) in [6.07, 6.45) is 2.23. The summed E-state index contributed by atoms with van der Waals surface area (Å²) >= 11 is 0. The molecule has 0 unspecified atom stereocenters. The molecule has 0 bridgehead atoms. The standard InChI is InChI=1S/C23H29N3O/c1-5-13-25(14-6-2)16-26-21-10-8-7-9-20(21)22(23(26)27)24-19-12-11-17(3)18(4)15-19/h7-12,15H,5-6,13-14,16H2,1-4H3/p+1. The second kappa shape index (κ2) is 8.49. The molecular formula is C23H30N3O+. The first-order chi connectivity index (χ1) is 13.0. The van der Waals surface area contributed by atoms with Gasteiger partial charge < -0.3 is 4.90 Å². The molecule has 0 fully saturated rings. The van der Waals surface area contributed by atoms with Crippen molar-refractivity contribution in [2.45, 2.75) is 40.5 Å². The summed E-state index contributed by atoms with van der Waals surface area (Å²) in [7, 11) is 0. The number of fused-ring (bicyclic) bond motifs is 1. The highest BCUT2D eigenvalue weighted by Gasteiger charge is 2.35. The zero-order chi connectivity index (χ0) is 19.4. The molecule has 0 spiro atoms. The maximum atomic E-state index is 13.2. The number of nitrogens with one attached hydrogen (secondary N) is 1. The van der Waals surface area contributed by atoms with Crippen LogP contribution in [0.15, 0.2) is 47.5 Å². The van der Waals surface area contributed by atoms with Gasteiger partial charge in [0, 0.05) is 5.56 Å². The van der Waals surface area contributed by atoms with E-state index >= 15 is 0 Å². The summed E-state index contributed by atoms with van der Waals surface area (Å²) in [5.74, 6) is 0.0131. The largest absolute Gasteiger partial charge is 0.317 e. The third kappa shape index (κ3) is 4.11. The van der Waals surface area contributed by atoms with Crippen LogP contribution in [-0.2, 0) is 4.79 Å². The van der Waals surface area contributed by atoms with Crippen molar-refractivity contribution in [2.24, 2.45) is 4.99 Å². The van der Waals surface area contributed by atoms with Gasteiger partial charge in [0.05, 0.1) is 24.5 Å². The van der Waals surface area contributed by atoms with Crippen LogP contribution in [-0.4, -0.2) is 31.4 Å². The molecule has 0 saturated carbocycles. The Hall–Kier alpha value is -2.46. The van der Waals surface area contributed by atoms with Crippen LogP contribution in [0.4, 0.5) is 11.4 Å². The van der Waals surface area contributed by atoms with Gasteiger partial charge in [0.25, 0.3) is 5.91 Å². The summed E-state index contributed by atoms with van der Waals surface area (Å²) < 4.78 is 0. The first-order valence-corrected chi connectivity index (χ1v) is 9.96. The quantitative estimate of drug-likeness (QED) is 0.803. The van der Waals surface area contributed by atoms with Gasteiger partial charge in [0.1, 0.15) is 5.71 Å². The maximum Gasteiger partial charge on any atom is 0.281 e. The maximum absolute atomic E-state index is 13.2. The van der Waals surface area contributed by atoms with Crippen molar-refractivity contribution in [2.75, 3.05) is 24.7 Å². The van der Waals surface area contributed by atoms with E-state index in [2.05, 4.69) is 33.8 Å². The number of aliphatic imine (C=N–C) groups is 1. The van der Waals surface area contributed by atoms with Gasteiger partial charge in [-0.05, 0) is 56.0 Å². The number of anilines is 1. The van der Waals surface area contributed by atoms with E-state index in [0.717, 1.165) is 42.9 Å². The molecule has 1 aliphatic rings. The number of hydrogen-bond acceptors (Lipinski definition) is 2. The average molecular weight is 365 g/mol. The summed E-state index contributed by atoms with van der Waals surface area (Å²) in [5.41, 5.74) is 5.74. The molecule has 2 aromatic rings. The lowest BCUT2D eigenvalue weighted by molar-refractivity contribution is -0.898. The van der Waals surface area contributed by atoms with Crippen LogP contribution in [0.5, 0.6) is 0 Å². The normalized spacial score (nSPS) is 15.1. The Bertz CT molecular complexity index is 850. The summed E-state index contributed by atoms with van der Waals surface area (Å²) in [6.45, 7) is 11.4. The van der Waals surface area contributed by atoms with Crippen molar-refractivity contribution in [3.63, 3.8) is 0 Å². The minimum Gasteiger partial charge on any atom is -0.317 e. The fourth-order valence-corrected chi connectivity index (χ4v) is 3.66. The number of para-hydroxylation sites is 1. The molecule has 1 amide bonds. The molecule has 0 aliphatic carbocycles. The van der Waals surface area contributed by atoms with Gasteiger partial charge >= 0.3 is 0 Å². The number of amides is 1. The highest BCUT2D eigenvalue weighted by atomic mass is 16.2. The van der Waals surface area contributed by atoms with Crippen LogP contribution in [0.2, 0.25) is 0 Å². The number of quaternary nitrogens is 1. The Morgan fingerprint density at radius 1 is 0.963 bits per heavy atom. The Labute approximate surface area is 162 Å². The molecular weight excluding hydrogens is 334 g/mol. The van der Waals surface area contributed by atoms with E-state index in [4.69, 9.17) is 4.99 Å². The van der Waals surface area contributed by atoms with E-state index < -0.39 is 0 Å². The third-order valence-electron chi connectivity index (χ3n) is 5.22. The van der Waals surface area contributed by atoms with Crippen molar-refractivity contribution in [1.29, 1.82) is 0 Å². The predicted octanol–water partition coefficient (Wildman–Crippen LogP) is 3.43. The lowest BCUT2D eigenvalue weighted by Crippen LogP contribution is -3.13. The second-order valence-electron chi connectivity index (χ2n) is 7.39. The van der Waals surface area contributed by atoms with Crippen molar-refractivity contribution >= 4 is 23.0 Å². The van der Waals surface area contributed by atoms with E-state index in [1.165, 1.54) is 16.0 Å². The molecule has 0 radical (unpaired) electrons. The molecule has 3 rings (SSSR count). The van der Waals surface area contributed by atoms with Crippen LogP contribution >= 0.6 is 0 Å². The lowest BCUT2D eigenvalue weighted by Gasteiger charge is -2.24. The van der Waals surface area contributed by atoms with E-state index in [0.29, 0.717) is 12.4 Å². The summed E-state index contributed by atoms with van der Waals surface area (Å²) in [4.78, 5) is 21.3. The number of hydrogen-bond donors (Lipinski definition) is 1. The molecule has 4 heteroatoms. The third-order valence-corrected chi connectivity index (χ3v) is 5.22. The topological polar surface area (TPSA) is 37.1 Å². The molecule has 0 saturated heterocycles. The monoisotopic (exact) mass is 364 g/mol. The lowest BCUT2D eigenvalue weighted by atomic mass is 10.1. The predicted molar refractivity (Wildman–Crippen MR) is 112 cm³/mol. The van der Waals surface area contributed by atoms with Gasteiger partial charge in [-0.15, -0.1) is 0 Å². The summed E-state index contributed by atoms with van der Waals surface area (Å²) in [6, 6.07) is 14.1. The molecule has 4 nitrogen and oxygen atoms in total. The smallest absolute Gasteiger partial charge is 0.281 e. The van der Waals surface area contributed by atoms with E-state index in [1.54, 1.807) is 0 Å². The molecule has 0 aromatic heterocycles. The van der Waals surface area contributed by atoms with Crippen molar-refractivity contribution in [1.82, 2.24) is 0 Å². The first kappa shape index (κ1) is 19.3. The van der Waals surface area contributed by atoms with Gasteiger partial charge in [0.15, 0.2) is 6.67 Å². The van der Waals surface area contributed by atoms with Crippen LogP contribution < -0.4 is 9.80 Å². The SMILES string of the molecule is CCC[NH+](CCC)CN1C(=O)C(=Nc2ccc(C)c(C)c2)c2ccccc21.